The Balaban J connectivity index is 2.50. The first-order chi connectivity index (χ1) is 12.4. The predicted octanol–water partition coefficient (Wildman–Crippen LogP) is 4.68. The maximum Gasteiger partial charge on any atom is 0.351 e. The SMILES string of the molecule is Cc1c(O)c(C(=O)OC(=O)c2ccc(Br)cc2N)c(N)c(C(C)(C)C)c1Br. The number of rotatable bonds is 2. The Morgan fingerprint density at radius 3 is 2.22 bits per heavy atom. The van der Waals surface area contributed by atoms with E-state index in [9.17, 15) is 14.7 Å². The molecular weight excluding hydrogens is 480 g/mol. The Kier molecular flexibility index (Phi) is 5.91. The second kappa shape index (κ2) is 7.52. The molecule has 0 radical (unpaired) electrons. The lowest BCUT2D eigenvalue weighted by Gasteiger charge is -2.26. The number of phenolic OH excluding ortho intramolecular Hbond substituents is 1. The molecule has 0 atom stereocenters. The van der Waals surface area contributed by atoms with Gasteiger partial charge in [0.05, 0.1) is 11.3 Å². The van der Waals surface area contributed by atoms with Gasteiger partial charge >= 0.3 is 11.9 Å². The number of benzene rings is 2. The van der Waals surface area contributed by atoms with Crippen molar-refractivity contribution in [3.63, 3.8) is 0 Å². The fraction of sp³-hybridized carbons (Fsp3) is 0.263. The van der Waals surface area contributed by atoms with E-state index < -0.39 is 17.4 Å². The molecule has 5 N–H and O–H groups in total. The average molecular weight is 500 g/mol. The number of hydrogen-bond acceptors (Lipinski definition) is 6. The monoisotopic (exact) mass is 498 g/mol. The molecule has 0 saturated heterocycles. The summed E-state index contributed by atoms with van der Waals surface area (Å²) >= 11 is 6.66. The molecule has 0 aromatic heterocycles. The number of esters is 2. The highest BCUT2D eigenvalue weighted by atomic mass is 79.9. The van der Waals surface area contributed by atoms with E-state index in [0.717, 1.165) is 0 Å². The van der Waals surface area contributed by atoms with E-state index in [-0.39, 0.29) is 28.3 Å². The molecule has 0 bridgehead atoms. The Bertz CT molecular complexity index is 950. The van der Waals surface area contributed by atoms with E-state index in [0.29, 0.717) is 20.1 Å². The predicted molar refractivity (Wildman–Crippen MR) is 112 cm³/mol. The standard InChI is InChI=1S/C19H20Br2N2O4/c1-8-14(21)13(19(2,3)4)15(23)12(16(8)24)18(26)27-17(25)10-6-5-9(20)7-11(10)22/h5-7,24H,22-23H2,1-4H3. The van der Waals surface area contributed by atoms with Crippen LogP contribution in [0.3, 0.4) is 0 Å². The van der Waals surface area contributed by atoms with Gasteiger partial charge in [-0.3, -0.25) is 0 Å². The third kappa shape index (κ3) is 4.11. The van der Waals surface area contributed by atoms with Crippen LogP contribution < -0.4 is 11.5 Å². The van der Waals surface area contributed by atoms with Crippen molar-refractivity contribution < 1.29 is 19.4 Å². The summed E-state index contributed by atoms with van der Waals surface area (Å²) in [7, 11) is 0. The van der Waals surface area contributed by atoms with Crippen LogP contribution in [0.25, 0.3) is 0 Å². The molecule has 27 heavy (non-hydrogen) atoms. The second-order valence-electron chi connectivity index (χ2n) is 7.11. The van der Waals surface area contributed by atoms with Crippen LogP contribution in [-0.4, -0.2) is 17.0 Å². The molecule has 144 valence electrons. The molecule has 0 unspecified atom stereocenters. The van der Waals surface area contributed by atoms with Gasteiger partial charge in [0.15, 0.2) is 0 Å². The van der Waals surface area contributed by atoms with E-state index in [1.54, 1.807) is 13.0 Å². The highest BCUT2D eigenvalue weighted by Gasteiger charge is 2.31. The Morgan fingerprint density at radius 1 is 1.11 bits per heavy atom. The van der Waals surface area contributed by atoms with Crippen LogP contribution in [0.2, 0.25) is 0 Å². The smallest absolute Gasteiger partial charge is 0.351 e. The van der Waals surface area contributed by atoms with Crippen molar-refractivity contribution in [1.29, 1.82) is 0 Å². The zero-order valence-electron chi connectivity index (χ0n) is 15.3. The van der Waals surface area contributed by atoms with Gasteiger partial charge in [0, 0.05) is 20.2 Å². The normalized spacial score (nSPS) is 11.3. The van der Waals surface area contributed by atoms with Crippen LogP contribution in [0.4, 0.5) is 11.4 Å². The lowest BCUT2D eigenvalue weighted by Crippen LogP contribution is -2.21. The minimum Gasteiger partial charge on any atom is -0.507 e. The first-order valence-corrected chi connectivity index (χ1v) is 9.57. The molecule has 0 saturated carbocycles. The van der Waals surface area contributed by atoms with Gasteiger partial charge in [0.25, 0.3) is 0 Å². The molecule has 2 aromatic carbocycles. The lowest BCUT2D eigenvalue weighted by molar-refractivity contribution is 0.0397. The van der Waals surface area contributed by atoms with Crippen molar-refractivity contribution in [3.8, 4) is 5.75 Å². The molecular formula is C19H20Br2N2O4. The molecule has 0 aliphatic heterocycles. The first-order valence-electron chi connectivity index (χ1n) is 7.98. The van der Waals surface area contributed by atoms with Crippen LogP contribution in [0.1, 0.15) is 52.6 Å². The van der Waals surface area contributed by atoms with Crippen LogP contribution in [0.15, 0.2) is 27.1 Å². The summed E-state index contributed by atoms with van der Waals surface area (Å²) in [6.07, 6.45) is 0. The average Bonchev–Trinajstić information content (AvgIpc) is 2.51. The van der Waals surface area contributed by atoms with Crippen LogP contribution in [-0.2, 0) is 10.2 Å². The molecule has 6 nitrogen and oxygen atoms in total. The number of carbonyl (C=O) groups is 2. The first kappa shape index (κ1) is 21.2. The summed E-state index contributed by atoms with van der Waals surface area (Å²) < 4.78 is 6.22. The largest absolute Gasteiger partial charge is 0.507 e. The second-order valence-corrected chi connectivity index (χ2v) is 8.82. The number of nitrogens with two attached hydrogens (primary N) is 2. The Hall–Kier alpha value is -2.06. The number of ether oxygens (including phenoxy) is 1. The number of nitrogen functional groups attached to an aromatic ring is 2. The van der Waals surface area contributed by atoms with Gasteiger partial charge in [-0.25, -0.2) is 9.59 Å². The maximum atomic E-state index is 12.6. The van der Waals surface area contributed by atoms with Crippen molar-refractivity contribution in [2.24, 2.45) is 0 Å². The third-order valence-electron chi connectivity index (χ3n) is 4.05. The van der Waals surface area contributed by atoms with Crippen LogP contribution >= 0.6 is 31.9 Å². The van der Waals surface area contributed by atoms with Gasteiger partial charge in [0.1, 0.15) is 11.3 Å². The van der Waals surface area contributed by atoms with E-state index in [4.69, 9.17) is 16.2 Å². The summed E-state index contributed by atoms with van der Waals surface area (Å²) in [5, 5.41) is 10.4. The number of carbonyl (C=O) groups excluding carboxylic acids is 2. The van der Waals surface area contributed by atoms with Crippen LogP contribution in [0, 0.1) is 6.92 Å². The molecule has 2 rings (SSSR count). The molecule has 8 heteroatoms. The number of anilines is 2. The lowest BCUT2D eigenvalue weighted by atomic mass is 9.83. The maximum absolute atomic E-state index is 12.6. The van der Waals surface area contributed by atoms with Gasteiger partial charge in [-0.15, -0.1) is 0 Å². The zero-order valence-corrected chi connectivity index (χ0v) is 18.5. The molecule has 2 aromatic rings. The molecule has 0 aliphatic carbocycles. The summed E-state index contributed by atoms with van der Waals surface area (Å²) in [5.74, 6) is -2.31. The minimum absolute atomic E-state index is 0.0366. The zero-order chi connectivity index (χ0) is 20.7. The van der Waals surface area contributed by atoms with Gasteiger partial charge in [-0.2, -0.15) is 0 Å². The van der Waals surface area contributed by atoms with Crippen molar-refractivity contribution in [3.05, 3.63) is 49.4 Å². The van der Waals surface area contributed by atoms with Gasteiger partial charge in [-0.05, 0) is 52.0 Å². The van der Waals surface area contributed by atoms with Crippen molar-refractivity contribution in [2.45, 2.75) is 33.1 Å². The minimum atomic E-state index is -1.04. The van der Waals surface area contributed by atoms with E-state index in [2.05, 4.69) is 31.9 Å². The fourth-order valence-electron chi connectivity index (χ4n) is 2.70. The van der Waals surface area contributed by atoms with E-state index in [1.165, 1.54) is 12.1 Å². The third-order valence-corrected chi connectivity index (χ3v) is 5.54. The van der Waals surface area contributed by atoms with Gasteiger partial charge in [-0.1, -0.05) is 36.7 Å². The summed E-state index contributed by atoms with van der Waals surface area (Å²) in [6.45, 7) is 7.40. The Labute approximate surface area is 174 Å². The number of aromatic hydroxyl groups is 1. The highest BCUT2D eigenvalue weighted by Crippen LogP contribution is 2.43. The Morgan fingerprint density at radius 2 is 1.70 bits per heavy atom. The van der Waals surface area contributed by atoms with Crippen LogP contribution in [0.5, 0.6) is 5.75 Å². The number of hydrogen-bond donors (Lipinski definition) is 3. The molecule has 0 heterocycles. The highest BCUT2D eigenvalue weighted by molar-refractivity contribution is 9.10. The molecule has 0 spiro atoms. The fourth-order valence-corrected chi connectivity index (χ4v) is 4.07. The molecule has 0 amide bonds. The molecule has 0 fully saturated rings. The topological polar surface area (TPSA) is 116 Å². The van der Waals surface area contributed by atoms with E-state index >= 15 is 0 Å². The van der Waals surface area contributed by atoms with Gasteiger partial charge < -0.3 is 21.3 Å². The number of halogens is 2. The van der Waals surface area contributed by atoms with Gasteiger partial charge in [0.2, 0.25) is 0 Å². The number of phenols is 1. The van der Waals surface area contributed by atoms with Crippen molar-refractivity contribution >= 4 is 55.2 Å². The summed E-state index contributed by atoms with van der Waals surface area (Å²) in [6, 6.07) is 4.56. The summed E-state index contributed by atoms with van der Waals surface area (Å²) in [5.41, 5.74) is 12.6. The van der Waals surface area contributed by atoms with Crippen molar-refractivity contribution in [2.75, 3.05) is 11.5 Å². The molecule has 0 aliphatic rings. The quantitative estimate of drug-likeness (QED) is 0.313. The van der Waals surface area contributed by atoms with E-state index in [1.807, 2.05) is 20.8 Å². The van der Waals surface area contributed by atoms with Crippen molar-refractivity contribution in [1.82, 2.24) is 0 Å². The summed E-state index contributed by atoms with van der Waals surface area (Å²) in [4.78, 5) is 25.0.